The lowest BCUT2D eigenvalue weighted by molar-refractivity contribution is 0.102. The Morgan fingerprint density at radius 3 is 2.63 bits per heavy atom. The van der Waals surface area contributed by atoms with Gasteiger partial charge in [0.25, 0.3) is 0 Å². The maximum Gasteiger partial charge on any atom is 0.179 e. The third kappa shape index (κ3) is 2.53. The van der Waals surface area contributed by atoms with E-state index < -0.39 is 5.82 Å². The number of hydrogen-bond acceptors (Lipinski definition) is 1. The van der Waals surface area contributed by atoms with E-state index in [1.54, 1.807) is 24.5 Å². The van der Waals surface area contributed by atoms with E-state index in [0.29, 0.717) is 22.0 Å². The van der Waals surface area contributed by atoms with Gasteiger partial charge in [-0.05, 0) is 38.1 Å². The van der Waals surface area contributed by atoms with Crippen LogP contribution in [0.2, 0.25) is 5.02 Å². The summed E-state index contributed by atoms with van der Waals surface area (Å²) < 4.78 is 15.6. The molecule has 0 atom stereocenters. The van der Waals surface area contributed by atoms with Crippen molar-refractivity contribution in [3.8, 4) is 5.69 Å². The van der Waals surface area contributed by atoms with Gasteiger partial charge in [-0.25, -0.2) is 4.39 Å². The second kappa shape index (κ2) is 5.35. The fourth-order valence-corrected chi connectivity index (χ4v) is 2.46. The molecule has 2 aromatic rings. The van der Waals surface area contributed by atoms with Crippen LogP contribution in [0.25, 0.3) is 5.69 Å². The van der Waals surface area contributed by atoms with Gasteiger partial charge in [-0.2, -0.15) is 0 Å². The highest BCUT2D eigenvalue weighted by atomic mass is 35.5. The molecule has 5 heteroatoms. The molecule has 0 aliphatic rings. The normalized spacial score (nSPS) is 10.8. The van der Waals surface area contributed by atoms with Crippen molar-refractivity contribution in [3.05, 3.63) is 52.1 Å². The zero-order valence-electron chi connectivity index (χ0n) is 10.5. The van der Waals surface area contributed by atoms with Crippen LogP contribution in [0.1, 0.15) is 21.7 Å². The van der Waals surface area contributed by atoms with Gasteiger partial charge in [0.15, 0.2) is 5.78 Å². The lowest BCUT2D eigenvalue weighted by atomic mass is 10.2. The molecule has 1 aromatic carbocycles. The van der Waals surface area contributed by atoms with Crippen molar-refractivity contribution in [2.75, 3.05) is 5.88 Å². The third-order valence-corrected chi connectivity index (χ3v) is 3.48. The van der Waals surface area contributed by atoms with Crippen LogP contribution in [0.5, 0.6) is 0 Å². The van der Waals surface area contributed by atoms with Crippen LogP contribution in [0.4, 0.5) is 4.39 Å². The smallest absolute Gasteiger partial charge is 0.179 e. The molecule has 2 rings (SSSR count). The number of halogens is 3. The number of ketones is 1. The number of carbonyl (C=O) groups is 1. The van der Waals surface area contributed by atoms with Crippen LogP contribution >= 0.6 is 23.2 Å². The number of Topliss-reactive ketones (excluding diaryl/α,β-unsaturated/α-hetero) is 1. The zero-order valence-corrected chi connectivity index (χ0v) is 12.0. The van der Waals surface area contributed by atoms with Crippen LogP contribution in [-0.4, -0.2) is 16.2 Å². The molecule has 2 nitrogen and oxygen atoms in total. The van der Waals surface area contributed by atoms with Gasteiger partial charge in [-0.3, -0.25) is 4.79 Å². The van der Waals surface area contributed by atoms with E-state index in [1.807, 2.05) is 0 Å². The highest BCUT2D eigenvalue weighted by Gasteiger charge is 2.17. The van der Waals surface area contributed by atoms with Gasteiger partial charge < -0.3 is 4.57 Å². The molecule has 0 amide bonds. The van der Waals surface area contributed by atoms with Crippen LogP contribution in [0, 0.1) is 19.7 Å². The maximum absolute atomic E-state index is 13.9. The molecule has 19 heavy (non-hydrogen) atoms. The number of aromatic nitrogens is 1. The summed E-state index contributed by atoms with van der Waals surface area (Å²) in [7, 11) is 0. The van der Waals surface area contributed by atoms with Crippen molar-refractivity contribution in [2.24, 2.45) is 0 Å². The summed E-state index contributed by atoms with van der Waals surface area (Å²) in [6, 6.07) is 6.03. The summed E-state index contributed by atoms with van der Waals surface area (Å²) in [5, 5.41) is 0.439. The van der Waals surface area contributed by atoms with Gasteiger partial charge in [0, 0.05) is 22.0 Å². The Morgan fingerprint density at radius 2 is 2.00 bits per heavy atom. The van der Waals surface area contributed by atoms with Gasteiger partial charge in [-0.1, -0.05) is 11.6 Å². The van der Waals surface area contributed by atoms with Gasteiger partial charge in [-0.15, -0.1) is 11.6 Å². The number of aryl methyl sites for hydroxylation is 1. The van der Waals surface area contributed by atoms with Gasteiger partial charge >= 0.3 is 0 Å². The SMILES string of the molecule is Cc1cc(C(=O)CCl)c(C)n1-c1cc(Cl)ccc1F. The first-order valence-electron chi connectivity index (χ1n) is 5.69. The molecule has 1 aromatic heterocycles. The highest BCUT2D eigenvalue weighted by molar-refractivity contribution is 6.31. The van der Waals surface area contributed by atoms with E-state index in [9.17, 15) is 9.18 Å². The van der Waals surface area contributed by atoms with Crippen molar-refractivity contribution in [1.82, 2.24) is 4.57 Å². The molecule has 0 aliphatic carbocycles. The van der Waals surface area contributed by atoms with Crippen molar-refractivity contribution < 1.29 is 9.18 Å². The molecule has 0 fully saturated rings. The van der Waals surface area contributed by atoms with E-state index in [0.717, 1.165) is 5.69 Å². The summed E-state index contributed by atoms with van der Waals surface area (Å²) in [4.78, 5) is 11.7. The standard InChI is InChI=1S/C14H12Cl2FNO/c1-8-5-11(14(19)7-15)9(2)18(8)13-6-10(16)3-4-12(13)17/h3-6H,7H2,1-2H3. The highest BCUT2D eigenvalue weighted by Crippen LogP contribution is 2.25. The molecule has 0 unspecified atom stereocenters. The minimum atomic E-state index is -0.393. The summed E-state index contributed by atoms with van der Waals surface area (Å²) in [6.45, 7) is 3.56. The molecule has 100 valence electrons. The van der Waals surface area contributed by atoms with Gasteiger partial charge in [0.2, 0.25) is 0 Å². The maximum atomic E-state index is 13.9. The molecule has 1 heterocycles. The molecule has 0 bridgehead atoms. The molecular weight excluding hydrogens is 288 g/mol. The summed E-state index contributed by atoms with van der Waals surface area (Å²) in [6.07, 6.45) is 0. The first kappa shape index (κ1) is 14.1. The van der Waals surface area contributed by atoms with E-state index in [-0.39, 0.29) is 11.7 Å². The third-order valence-electron chi connectivity index (χ3n) is 3.00. The molecule has 0 saturated heterocycles. The Balaban J connectivity index is 2.66. The van der Waals surface area contributed by atoms with Gasteiger partial charge in [0.1, 0.15) is 5.82 Å². The Morgan fingerprint density at radius 1 is 1.32 bits per heavy atom. The van der Waals surface area contributed by atoms with Gasteiger partial charge in [0.05, 0.1) is 11.6 Å². The molecule has 0 saturated carbocycles. The number of nitrogens with zero attached hydrogens (tertiary/aromatic N) is 1. The van der Waals surface area contributed by atoms with E-state index in [2.05, 4.69) is 0 Å². The number of carbonyl (C=O) groups excluding carboxylic acids is 1. The van der Waals surface area contributed by atoms with Crippen LogP contribution < -0.4 is 0 Å². The van der Waals surface area contributed by atoms with E-state index >= 15 is 0 Å². The summed E-state index contributed by atoms with van der Waals surface area (Å²) in [5.41, 5.74) is 2.25. The second-order valence-electron chi connectivity index (χ2n) is 4.27. The van der Waals surface area contributed by atoms with Crippen molar-refractivity contribution in [3.63, 3.8) is 0 Å². The zero-order chi connectivity index (χ0) is 14.2. The quantitative estimate of drug-likeness (QED) is 0.611. The second-order valence-corrected chi connectivity index (χ2v) is 4.98. The van der Waals surface area contributed by atoms with E-state index in [1.165, 1.54) is 18.2 Å². The van der Waals surface area contributed by atoms with Crippen LogP contribution in [0.3, 0.4) is 0 Å². The predicted octanol–water partition coefficient (Wildman–Crippen LogP) is 4.31. The fraction of sp³-hybridized carbons (Fsp3) is 0.214. The lowest BCUT2D eigenvalue weighted by Gasteiger charge is -2.11. The summed E-state index contributed by atoms with van der Waals surface area (Å²) >= 11 is 11.5. The lowest BCUT2D eigenvalue weighted by Crippen LogP contribution is -2.05. The Labute approximate surface area is 120 Å². The number of benzene rings is 1. The van der Waals surface area contributed by atoms with Crippen molar-refractivity contribution in [2.45, 2.75) is 13.8 Å². The number of hydrogen-bond donors (Lipinski definition) is 0. The predicted molar refractivity (Wildman–Crippen MR) is 75.3 cm³/mol. The Kier molecular flexibility index (Phi) is 3.97. The minimum absolute atomic E-state index is 0.0949. The minimum Gasteiger partial charge on any atom is -0.315 e. The molecule has 0 radical (unpaired) electrons. The number of rotatable bonds is 3. The molecular formula is C14H12Cl2FNO. The first-order chi connectivity index (χ1) is 8.95. The Hall–Kier alpha value is -1.32. The topological polar surface area (TPSA) is 22.0 Å². The van der Waals surface area contributed by atoms with Crippen LogP contribution in [-0.2, 0) is 0 Å². The number of alkyl halides is 1. The van der Waals surface area contributed by atoms with E-state index in [4.69, 9.17) is 23.2 Å². The summed E-state index contributed by atoms with van der Waals surface area (Å²) in [5.74, 6) is -0.665. The average Bonchev–Trinajstić information content (AvgIpc) is 2.67. The van der Waals surface area contributed by atoms with Crippen molar-refractivity contribution in [1.29, 1.82) is 0 Å². The molecule has 0 N–H and O–H groups in total. The Bertz CT molecular complexity index is 649. The molecule has 0 aliphatic heterocycles. The fourth-order valence-electron chi connectivity index (χ4n) is 2.14. The first-order valence-corrected chi connectivity index (χ1v) is 6.60. The molecule has 0 spiro atoms. The average molecular weight is 300 g/mol. The monoisotopic (exact) mass is 299 g/mol. The largest absolute Gasteiger partial charge is 0.315 e. The van der Waals surface area contributed by atoms with Crippen LogP contribution in [0.15, 0.2) is 24.3 Å². The van der Waals surface area contributed by atoms with Crippen molar-refractivity contribution >= 4 is 29.0 Å².